The highest BCUT2D eigenvalue weighted by Gasteiger charge is 2.25. The third kappa shape index (κ3) is 4.16. The summed E-state index contributed by atoms with van der Waals surface area (Å²) >= 11 is 4.92. The van der Waals surface area contributed by atoms with Gasteiger partial charge in [0.05, 0.1) is 10.6 Å². The van der Waals surface area contributed by atoms with Crippen molar-refractivity contribution >= 4 is 50.5 Å². The molecule has 2 heterocycles. The predicted molar refractivity (Wildman–Crippen MR) is 130 cm³/mol. The molecular formula is C24H22BrN3OS. The fourth-order valence-electron chi connectivity index (χ4n) is 3.61. The molecule has 1 saturated heterocycles. The minimum Gasteiger partial charge on any atom is -0.318 e. The van der Waals surface area contributed by atoms with Gasteiger partial charge in [0, 0.05) is 21.5 Å². The molecule has 1 N–H and O–H groups in total. The van der Waals surface area contributed by atoms with Crippen molar-refractivity contribution in [2.24, 2.45) is 4.99 Å². The van der Waals surface area contributed by atoms with Crippen LogP contribution in [0.25, 0.3) is 11.8 Å². The first-order chi connectivity index (χ1) is 14.3. The second kappa shape index (κ2) is 8.28. The molecule has 4 rings (SSSR count). The molecule has 1 fully saturated rings. The van der Waals surface area contributed by atoms with Gasteiger partial charge >= 0.3 is 0 Å². The molecule has 6 heteroatoms. The van der Waals surface area contributed by atoms with E-state index in [1.165, 1.54) is 17.3 Å². The molecule has 1 aromatic heterocycles. The zero-order valence-electron chi connectivity index (χ0n) is 17.3. The normalized spacial score (nSPS) is 16.5. The van der Waals surface area contributed by atoms with Gasteiger partial charge in [-0.3, -0.25) is 4.79 Å². The Balaban J connectivity index is 1.65. The summed E-state index contributed by atoms with van der Waals surface area (Å²) in [5, 5.41) is 3.50. The van der Waals surface area contributed by atoms with Crippen LogP contribution in [0.4, 0.5) is 5.69 Å². The molecule has 0 radical (unpaired) electrons. The Morgan fingerprint density at radius 3 is 2.60 bits per heavy atom. The number of amides is 1. The van der Waals surface area contributed by atoms with Gasteiger partial charge in [0.25, 0.3) is 5.91 Å². The summed E-state index contributed by atoms with van der Waals surface area (Å²) in [5.41, 5.74) is 7.48. The molecule has 3 aromatic rings. The fourth-order valence-corrected chi connectivity index (χ4v) is 4.82. The third-order valence-electron chi connectivity index (χ3n) is 5.05. The fraction of sp³-hybridized carbons (Fsp3) is 0.167. The number of thioether (sulfide) groups is 1. The van der Waals surface area contributed by atoms with E-state index in [1.54, 1.807) is 0 Å². The van der Waals surface area contributed by atoms with Gasteiger partial charge in [-0.15, -0.1) is 0 Å². The monoisotopic (exact) mass is 479 g/mol. The number of benzene rings is 2. The Bertz CT molecular complexity index is 1220. The highest BCUT2D eigenvalue weighted by Crippen LogP contribution is 2.31. The number of aryl methyl sites for hydroxylation is 3. The van der Waals surface area contributed by atoms with Crippen molar-refractivity contribution in [2.75, 3.05) is 0 Å². The summed E-state index contributed by atoms with van der Waals surface area (Å²) in [5.74, 6) is -0.115. The lowest BCUT2D eigenvalue weighted by Crippen LogP contribution is -2.19. The minimum atomic E-state index is -0.115. The van der Waals surface area contributed by atoms with E-state index in [9.17, 15) is 4.79 Å². The smallest absolute Gasteiger partial charge is 0.264 e. The molecule has 0 saturated carbocycles. The van der Waals surface area contributed by atoms with Crippen LogP contribution >= 0.6 is 27.7 Å². The van der Waals surface area contributed by atoms with Crippen molar-refractivity contribution in [1.82, 2.24) is 9.88 Å². The van der Waals surface area contributed by atoms with Crippen LogP contribution in [0.2, 0.25) is 0 Å². The van der Waals surface area contributed by atoms with Crippen LogP contribution in [-0.2, 0) is 4.79 Å². The molecule has 1 aliphatic rings. The van der Waals surface area contributed by atoms with Crippen LogP contribution in [-0.4, -0.2) is 15.6 Å². The number of nitrogens with zero attached hydrogens (tertiary/aromatic N) is 2. The van der Waals surface area contributed by atoms with Gasteiger partial charge in [-0.05, 0) is 87.0 Å². The summed E-state index contributed by atoms with van der Waals surface area (Å²) < 4.78 is 3.23. The second-order valence-corrected chi connectivity index (χ2v) is 9.36. The van der Waals surface area contributed by atoms with E-state index < -0.39 is 0 Å². The quantitative estimate of drug-likeness (QED) is 0.443. The molecule has 1 aliphatic heterocycles. The van der Waals surface area contributed by atoms with Crippen molar-refractivity contribution in [2.45, 2.75) is 27.7 Å². The van der Waals surface area contributed by atoms with E-state index in [4.69, 9.17) is 0 Å². The first kappa shape index (κ1) is 20.7. The van der Waals surface area contributed by atoms with Gasteiger partial charge in [0.1, 0.15) is 0 Å². The molecule has 30 heavy (non-hydrogen) atoms. The molecule has 1 amide bonds. The summed E-state index contributed by atoms with van der Waals surface area (Å²) in [7, 11) is 0. The maximum atomic E-state index is 12.5. The zero-order valence-corrected chi connectivity index (χ0v) is 19.7. The highest BCUT2D eigenvalue weighted by atomic mass is 79.9. The molecule has 0 unspecified atom stereocenters. The van der Waals surface area contributed by atoms with Crippen molar-refractivity contribution in [3.8, 4) is 5.69 Å². The molecular weight excluding hydrogens is 458 g/mol. The van der Waals surface area contributed by atoms with Gasteiger partial charge in [-0.25, -0.2) is 4.99 Å². The molecule has 0 atom stereocenters. The van der Waals surface area contributed by atoms with Crippen LogP contribution in [0.5, 0.6) is 0 Å². The first-order valence-corrected chi connectivity index (χ1v) is 11.2. The molecule has 2 aromatic carbocycles. The summed E-state index contributed by atoms with van der Waals surface area (Å²) in [6, 6.07) is 16.4. The van der Waals surface area contributed by atoms with E-state index in [0.29, 0.717) is 10.1 Å². The number of nitrogens with one attached hydrogen (secondary N) is 1. The highest BCUT2D eigenvalue weighted by molar-refractivity contribution is 9.10. The van der Waals surface area contributed by atoms with E-state index >= 15 is 0 Å². The Labute approximate surface area is 189 Å². The van der Waals surface area contributed by atoms with Crippen LogP contribution < -0.4 is 5.32 Å². The number of aliphatic imine (C=N–C) groups is 1. The van der Waals surface area contributed by atoms with E-state index in [-0.39, 0.29) is 5.91 Å². The maximum Gasteiger partial charge on any atom is 0.264 e. The second-order valence-electron chi connectivity index (χ2n) is 7.41. The van der Waals surface area contributed by atoms with Crippen LogP contribution in [0.3, 0.4) is 0 Å². The summed E-state index contributed by atoms with van der Waals surface area (Å²) in [4.78, 5) is 17.8. The van der Waals surface area contributed by atoms with Crippen molar-refractivity contribution in [3.05, 3.63) is 86.0 Å². The number of carbonyl (C=O) groups excluding carboxylic acids is 1. The number of rotatable bonds is 3. The lowest BCUT2D eigenvalue weighted by molar-refractivity contribution is -0.115. The standard InChI is InChI=1S/C24H22BrN3OS/c1-14-8-9-21(15(2)10-14)26-24-27-23(29)22(30-24)12-18-11-16(3)28(17(18)4)20-7-5-6-19(25)13-20/h5-13H,1-4H3,(H,26,27,29)/b22-12-. The Hall–Kier alpha value is -2.57. The average Bonchev–Trinajstić information content (AvgIpc) is 3.16. The van der Waals surface area contributed by atoms with Gasteiger partial charge in [0.15, 0.2) is 5.17 Å². The third-order valence-corrected chi connectivity index (χ3v) is 6.45. The largest absolute Gasteiger partial charge is 0.318 e. The SMILES string of the molecule is Cc1ccc(N=C2NC(=O)/C(=C/c3cc(C)n(-c4cccc(Br)c4)c3C)S2)c(C)c1. The minimum absolute atomic E-state index is 0.115. The zero-order chi connectivity index (χ0) is 21.4. The Morgan fingerprint density at radius 1 is 1.07 bits per heavy atom. The molecule has 4 nitrogen and oxygen atoms in total. The van der Waals surface area contributed by atoms with Gasteiger partial charge in [-0.2, -0.15) is 0 Å². The van der Waals surface area contributed by atoms with Gasteiger partial charge < -0.3 is 9.88 Å². The van der Waals surface area contributed by atoms with Crippen molar-refractivity contribution in [1.29, 1.82) is 0 Å². The number of carbonyl (C=O) groups is 1. The number of aromatic nitrogens is 1. The predicted octanol–water partition coefficient (Wildman–Crippen LogP) is 6.37. The lowest BCUT2D eigenvalue weighted by Gasteiger charge is -2.10. The van der Waals surface area contributed by atoms with Gasteiger partial charge in [-0.1, -0.05) is 39.7 Å². The number of amidine groups is 1. The molecule has 152 valence electrons. The summed E-state index contributed by atoms with van der Waals surface area (Å²) in [6.45, 7) is 8.23. The van der Waals surface area contributed by atoms with Crippen LogP contribution in [0.15, 0.2) is 62.9 Å². The summed E-state index contributed by atoms with van der Waals surface area (Å²) in [6.07, 6.45) is 1.95. The van der Waals surface area contributed by atoms with Crippen LogP contribution in [0, 0.1) is 27.7 Å². The van der Waals surface area contributed by atoms with Crippen molar-refractivity contribution in [3.63, 3.8) is 0 Å². The maximum absolute atomic E-state index is 12.5. The van der Waals surface area contributed by atoms with E-state index in [2.05, 4.69) is 75.8 Å². The topological polar surface area (TPSA) is 46.4 Å². The van der Waals surface area contributed by atoms with Crippen molar-refractivity contribution < 1.29 is 4.79 Å². The Kier molecular flexibility index (Phi) is 5.71. The average molecular weight is 480 g/mol. The Morgan fingerprint density at radius 2 is 1.87 bits per heavy atom. The van der Waals surface area contributed by atoms with Gasteiger partial charge in [0.2, 0.25) is 0 Å². The first-order valence-electron chi connectivity index (χ1n) is 9.63. The van der Waals surface area contributed by atoms with E-state index in [1.807, 2.05) is 37.3 Å². The molecule has 0 spiro atoms. The number of hydrogen-bond donors (Lipinski definition) is 1. The van der Waals surface area contributed by atoms with Crippen LogP contribution in [0.1, 0.15) is 28.1 Å². The lowest BCUT2D eigenvalue weighted by atomic mass is 10.1. The van der Waals surface area contributed by atoms with E-state index in [0.717, 1.165) is 38.4 Å². The molecule has 0 aliphatic carbocycles. The molecule has 0 bridgehead atoms. The number of hydrogen-bond acceptors (Lipinski definition) is 3. The number of halogens is 1.